The van der Waals surface area contributed by atoms with Crippen molar-refractivity contribution in [1.29, 1.82) is 0 Å². The second-order valence-corrected chi connectivity index (χ2v) is 6.37. The molecule has 22 heavy (non-hydrogen) atoms. The number of ether oxygens (including phenoxy) is 1. The lowest BCUT2D eigenvalue weighted by atomic mass is 10.2. The lowest BCUT2D eigenvalue weighted by molar-refractivity contribution is 0.287. The maximum atomic E-state index is 13.7. The first kappa shape index (κ1) is 14.0. The van der Waals surface area contributed by atoms with E-state index >= 15 is 0 Å². The molecule has 1 saturated heterocycles. The van der Waals surface area contributed by atoms with Crippen molar-refractivity contribution in [2.45, 2.75) is 12.5 Å². The van der Waals surface area contributed by atoms with Crippen molar-refractivity contribution in [3.63, 3.8) is 0 Å². The van der Waals surface area contributed by atoms with E-state index in [2.05, 4.69) is 16.4 Å². The third-order valence-electron chi connectivity index (χ3n) is 4.57. The molecule has 2 heterocycles. The van der Waals surface area contributed by atoms with Crippen molar-refractivity contribution >= 4 is 11.6 Å². The summed E-state index contributed by atoms with van der Waals surface area (Å²) in [6.45, 7) is 2.31. The molecule has 1 aliphatic carbocycles. The van der Waals surface area contributed by atoms with Gasteiger partial charge in [0.1, 0.15) is 12.4 Å². The Labute approximate surface area is 133 Å². The molecule has 1 aromatic heterocycles. The number of nitrogens with zero attached hydrogens (tertiary/aromatic N) is 1. The van der Waals surface area contributed by atoms with Crippen LogP contribution in [-0.2, 0) is 6.61 Å². The van der Waals surface area contributed by atoms with Gasteiger partial charge in [0.2, 0.25) is 5.88 Å². The van der Waals surface area contributed by atoms with Gasteiger partial charge in [-0.3, -0.25) is 0 Å². The summed E-state index contributed by atoms with van der Waals surface area (Å²) in [5.74, 6) is 2.18. The summed E-state index contributed by atoms with van der Waals surface area (Å²) >= 11 is 5.74. The number of aromatic nitrogens is 1. The molecule has 3 atom stereocenters. The van der Waals surface area contributed by atoms with Gasteiger partial charge in [0, 0.05) is 28.3 Å². The third-order valence-corrected chi connectivity index (χ3v) is 4.80. The lowest BCUT2D eigenvalue weighted by Crippen LogP contribution is -2.14. The minimum Gasteiger partial charge on any atom is -0.473 e. The van der Waals surface area contributed by atoms with E-state index in [1.54, 1.807) is 12.1 Å². The van der Waals surface area contributed by atoms with E-state index in [9.17, 15) is 4.39 Å². The number of piperidine rings is 1. The monoisotopic (exact) mass is 318 g/mol. The van der Waals surface area contributed by atoms with Gasteiger partial charge < -0.3 is 10.1 Å². The Hall–Kier alpha value is -1.65. The number of pyridine rings is 1. The molecule has 4 rings (SSSR count). The van der Waals surface area contributed by atoms with E-state index in [-0.39, 0.29) is 12.4 Å². The summed E-state index contributed by atoms with van der Waals surface area (Å²) in [5, 5.41) is 3.77. The largest absolute Gasteiger partial charge is 0.473 e. The Bertz CT molecular complexity index is 699. The van der Waals surface area contributed by atoms with Gasteiger partial charge in [0.25, 0.3) is 0 Å². The van der Waals surface area contributed by atoms with E-state index < -0.39 is 0 Å². The molecule has 1 aliphatic heterocycles. The zero-order valence-electron chi connectivity index (χ0n) is 11.9. The van der Waals surface area contributed by atoms with Gasteiger partial charge in [0.05, 0.1) is 0 Å². The van der Waals surface area contributed by atoms with Crippen molar-refractivity contribution in [3.05, 3.63) is 58.5 Å². The number of rotatable bonds is 4. The predicted molar refractivity (Wildman–Crippen MR) is 82.6 cm³/mol. The molecule has 2 aliphatic rings. The van der Waals surface area contributed by atoms with Crippen molar-refractivity contribution < 1.29 is 9.13 Å². The lowest BCUT2D eigenvalue weighted by Gasteiger charge is -2.09. The van der Waals surface area contributed by atoms with Gasteiger partial charge >= 0.3 is 0 Å². The van der Waals surface area contributed by atoms with Gasteiger partial charge in [-0.15, -0.1) is 0 Å². The molecule has 0 radical (unpaired) electrons. The van der Waals surface area contributed by atoms with Crippen LogP contribution in [0, 0.1) is 17.7 Å². The number of benzene rings is 1. The maximum absolute atomic E-state index is 13.7. The van der Waals surface area contributed by atoms with E-state index in [0.29, 0.717) is 22.4 Å². The van der Waals surface area contributed by atoms with Crippen LogP contribution in [0.4, 0.5) is 4.39 Å². The van der Waals surface area contributed by atoms with Crippen LogP contribution in [0.1, 0.15) is 17.2 Å². The van der Waals surface area contributed by atoms with Crippen LogP contribution in [0.25, 0.3) is 0 Å². The topological polar surface area (TPSA) is 34.1 Å². The zero-order valence-corrected chi connectivity index (χ0v) is 12.7. The molecule has 3 nitrogen and oxygen atoms in total. The van der Waals surface area contributed by atoms with Crippen LogP contribution in [0.15, 0.2) is 36.4 Å². The van der Waals surface area contributed by atoms with Crippen LogP contribution < -0.4 is 10.1 Å². The smallest absolute Gasteiger partial charge is 0.213 e. The van der Waals surface area contributed by atoms with E-state index in [4.69, 9.17) is 16.3 Å². The Morgan fingerprint density at radius 2 is 2.05 bits per heavy atom. The molecule has 0 bridgehead atoms. The molecule has 1 N–H and O–H groups in total. The Balaban J connectivity index is 1.45. The fourth-order valence-corrected chi connectivity index (χ4v) is 3.50. The second-order valence-electron chi connectivity index (χ2n) is 5.94. The quantitative estimate of drug-likeness (QED) is 0.938. The fourth-order valence-electron chi connectivity index (χ4n) is 3.34. The first-order chi connectivity index (χ1) is 10.7. The highest BCUT2D eigenvalue weighted by molar-refractivity contribution is 6.30. The minimum absolute atomic E-state index is 0.151. The van der Waals surface area contributed by atoms with Crippen LogP contribution in [0.3, 0.4) is 0 Å². The highest BCUT2D eigenvalue weighted by Gasteiger charge is 2.54. The number of hydrogen-bond acceptors (Lipinski definition) is 3. The molecular formula is C17H16ClFN2O. The summed E-state index contributed by atoms with van der Waals surface area (Å²) in [5.41, 5.74) is 1.56. The standard InChI is InChI=1S/C17H16ClFN2O/c18-11-5-4-10(14(19)6-11)9-22-16-3-1-2-15(21-16)17-12-7-20-8-13(12)17/h1-6,12-13,17,20H,7-9H2/t12-,13+,17?. The summed E-state index contributed by atoms with van der Waals surface area (Å²) in [6, 6.07) is 10.4. The van der Waals surface area contributed by atoms with Gasteiger partial charge in [-0.25, -0.2) is 9.37 Å². The van der Waals surface area contributed by atoms with Crippen LogP contribution in [-0.4, -0.2) is 18.1 Å². The molecule has 5 heteroatoms. The minimum atomic E-state index is -0.355. The molecule has 114 valence electrons. The number of fused-ring (bicyclic) bond motifs is 1. The molecule has 2 aromatic rings. The van der Waals surface area contributed by atoms with Crippen molar-refractivity contribution in [2.24, 2.45) is 11.8 Å². The van der Waals surface area contributed by atoms with Crippen molar-refractivity contribution in [3.8, 4) is 5.88 Å². The maximum Gasteiger partial charge on any atom is 0.213 e. The second kappa shape index (κ2) is 5.52. The molecule has 2 fully saturated rings. The van der Waals surface area contributed by atoms with Crippen molar-refractivity contribution in [1.82, 2.24) is 10.3 Å². The Kier molecular flexibility index (Phi) is 3.51. The van der Waals surface area contributed by atoms with Crippen molar-refractivity contribution in [2.75, 3.05) is 13.1 Å². The van der Waals surface area contributed by atoms with Crippen LogP contribution >= 0.6 is 11.6 Å². The SMILES string of the molecule is Fc1cc(Cl)ccc1COc1cccc(C2[C@H]3CNC[C@@H]23)n1. The zero-order chi connectivity index (χ0) is 15.1. The normalized spacial score (nSPS) is 25.8. The van der Waals surface area contributed by atoms with Gasteiger partial charge in [0.15, 0.2) is 0 Å². The Morgan fingerprint density at radius 1 is 1.23 bits per heavy atom. The van der Waals surface area contributed by atoms with E-state index in [0.717, 1.165) is 30.6 Å². The van der Waals surface area contributed by atoms with Crippen LogP contribution in [0.5, 0.6) is 5.88 Å². The first-order valence-electron chi connectivity index (χ1n) is 7.47. The highest BCUT2D eigenvalue weighted by atomic mass is 35.5. The van der Waals surface area contributed by atoms with Crippen LogP contribution in [0.2, 0.25) is 5.02 Å². The number of nitrogens with one attached hydrogen (secondary N) is 1. The third kappa shape index (κ3) is 2.57. The number of halogens is 2. The molecule has 1 unspecified atom stereocenters. The van der Waals surface area contributed by atoms with Gasteiger partial charge in [-0.05, 0) is 43.1 Å². The van der Waals surface area contributed by atoms with E-state index in [1.165, 1.54) is 6.07 Å². The molecule has 0 spiro atoms. The first-order valence-corrected chi connectivity index (χ1v) is 7.84. The summed E-state index contributed by atoms with van der Waals surface area (Å²) < 4.78 is 19.4. The highest BCUT2D eigenvalue weighted by Crippen LogP contribution is 2.55. The predicted octanol–water partition coefficient (Wildman–Crippen LogP) is 3.39. The average Bonchev–Trinajstić information content (AvgIpc) is 2.99. The summed E-state index contributed by atoms with van der Waals surface area (Å²) in [6.07, 6.45) is 0. The average molecular weight is 319 g/mol. The Morgan fingerprint density at radius 3 is 2.82 bits per heavy atom. The molecule has 1 saturated carbocycles. The molecule has 0 amide bonds. The summed E-state index contributed by atoms with van der Waals surface area (Å²) in [4.78, 5) is 4.58. The molecular weight excluding hydrogens is 303 g/mol. The van der Waals surface area contributed by atoms with E-state index in [1.807, 2.05) is 12.1 Å². The number of hydrogen-bond donors (Lipinski definition) is 1. The van der Waals surface area contributed by atoms with Gasteiger partial charge in [-0.1, -0.05) is 23.7 Å². The fraction of sp³-hybridized carbons (Fsp3) is 0.353. The van der Waals surface area contributed by atoms with Gasteiger partial charge in [-0.2, -0.15) is 0 Å². The summed E-state index contributed by atoms with van der Waals surface area (Å²) in [7, 11) is 0. The molecule has 1 aromatic carbocycles.